The van der Waals surface area contributed by atoms with Crippen LogP contribution in [0.5, 0.6) is 0 Å². The van der Waals surface area contributed by atoms with Crippen molar-refractivity contribution in [2.24, 2.45) is 0 Å². The molecular formula is C52H30N4OS. The smallest absolute Gasteiger partial charge is 0.167 e. The van der Waals surface area contributed by atoms with Crippen molar-refractivity contribution >= 4 is 75.1 Å². The van der Waals surface area contributed by atoms with E-state index in [9.17, 15) is 0 Å². The number of nitrogens with zero attached hydrogens (tertiary/aromatic N) is 4. The zero-order valence-electron chi connectivity index (χ0n) is 30.9. The highest BCUT2D eigenvalue weighted by atomic mass is 32.1. The molecule has 0 bridgehead atoms. The Morgan fingerprint density at radius 2 is 0.914 bits per heavy atom. The molecule has 0 spiro atoms. The van der Waals surface area contributed by atoms with E-state index in [0.717, 1.165) is 77.3 Å². The summed E-state index contributed by atoms with van der Waals surface area (Å²) in [7, 11) is 0. The number of thiophene rings is 1. The lowest BCUT2D eigenvalue weighted by Crippen LogP contribution is -2.00. The highest BCUT2D eigenvalue weighted by Crippen LogP contribution is 2.43. The summed E-state index contributed by atoms with van der Waals surface area (Å²) in [5.74, 6) is 1.76. The van der Waals surface area contributed by atoms with E-state index in [0.29, 0.717) is 17.5 Å². The Hall–Kier alpha value is -7.54. The van der Waals surface area contributed by atoms with Crippen molar-refractivity contribution in [3.8, 4) is 56.5 Å². The van der Waals surface area contributed by atoms with Crippen LogP contribution in [0.1, 0.15) is 0 Å². The molecule has 12 aromatic rings. The molecule has 5 nitrogen and oxygen atoms in total. The Kier molecular flexibility index (Phi) is 7.33. The van der Waals surface area contributed by atoms with Gasteiger partial charge in [-0.15, -0.1) is 11.3 Å². The van der Waals surface area contributed by atoms with Crippen LogP contribution >= 0.6 is 11.3 Å². The third-order valence-corrected chi connectivity index (χ3v) is 12.4. The second-order valence-electron chi connectivity index (χ2n) is 14.5. The summed E-state index contributed by atoms with van der Waals surface area (Å²) in [6, 6.07) is 63.3. The van der Waals surface area contributed by atoms with Crippen molar-refractivity contribution in [1.82, 2.24) is 19.9 Å². The molecule has 0 radical (unpaired) electrons. The van der Waals surface area contributed by atoms with Crippen LogP contribution < -0.4 is 0 Å². The minimum absolute atomic E-state index is 0.564. The number of para-hydroxylation sites is 2. The van der Waals surface area contributed by atoms with Crippen molar-refractivity contribution in [3.63, 3.8) is 0 Å². The number of hydrogen-bond acceptors (Lipinski definition) is 6. The van der Waals surface area contributed by atoms with Crippen LogP contribution in [-0.4, -0.2) is 19.9 Å². The number of benzene rings is 8. The maximum absolute atomic E-state index is 6.41. The summed E-state index contributed by atoms with van der Waals surface area (Å²) < 4.78 is 8.90. The normalized spacial score (nSPS) is 11.8. The average Bonchev–Trinajstić information content (AvgIpc) is 3.87. The SMILES string of the molecule is c1ccc(-c2nc(-c3ccc(-c4ccc(-c5nc6c7ccccc7sc6c6ccccc56)c5ccccc45)cc3)nc(-c3cccc4c3oc3ccccc34)n2)cc1. The van der Waals surface area contributed by atoms with Gasteiger partial charge in [-0.3, -0.25) is 0 Å². The van der Waals surface area contributed by atoms with Gasteiger partial charge in [0.25, 0.3) is 0 Å². The molecule has 270 valence electrons. The lowest BCUT2D eigenvalue weighted by molar-refractivity contribution is 0.669. The molecule has 4 aromatic heterocycles. The van der Waals surface area contributed by atoms with Crippen LogP contribution in [0.3, 0.4) is 0 Å². The fourth-order valence-corrected chi connectivity index (χ4v) is 9.59. The number of fused-ring (bicyclic) bond motifs is 9. The predicted octanol–water partition coefficient (Wildman–Crippen LogP) is 14.2. The zero-order chi connectivity index (χ0) is 38.2. The van der Waals surface area contributed by atoms with Crippen molar-refractivity contribution in [2.45, 2.75) is 0 Å². The molecule has 4 heterocycles. The lowest BCUT2D eigenvalue weighted by atomic mass is 9.92. The maximum Gasteiger partial charge on any atom is 0.167 e. The number of hydrogen-bond donors (Lipinski definition) is 0. The third-order valence-electron chi connectivity index (χ3n) is 11.2. The second-order valence-corrected chi connectivity index (χ2v) is 15.6. The largest absolute Gasteiger partial charge is 0.455 e. The van der Waals surface area contributed by atoms with E-state index >= 15 is 0 Å². The molecule has 0 aliphatic heterocycles. The molecule has 0 saturated carbocycles. The predicted molar refractivity (Wildman–Crippen MR) is 240 cm³/mol. The Labute approximate surface area is 336 Å². The van der Waals surface area contributed by atoms with E-state index in [1.54, 1.807) is 0 Å². The Morgan fingerprint density at radius 1 is 0.345 bits per heavy atom. The standard InChI is InChI=1S/C52H30N4OS/c1-2-13-32(14-3-1)50-54-51(56-52(55-50)43-22-12-21-40-37-17-8-10-23-44(37)57-48(40)43)33-27-25-31(26-28-33)34-29-30-39(36-16-5-4-15-35(34)36)46-38-18-6-7-19-41(38)49-47(53-46)42-20-9-11-24-45(42)58-49/h1-30H. The van der Waals surface area contributed by atoms with Crippen LogP contribution in [0.25, 0.3) is 120 Å². The van der Waals surface area contributed by atoms with Gasteiger partial charge in [-0.2, -0.15) is 0 Å². The zero-order valence-corrected chi connectivity index (χ0v) is 31.7. The molecule has 0 amide bonds. The van der Waals surface area contributed by atoms with E-state index < -0.39 is 0 Å². The highest BCUT2D eigenvalue weighted by Gasteiger charge is 2.20. The second kappa shape index (κ2) is 13.0. The van der Waals surface area contributed by atoms with Gasteiger partial charge in [0.2, 0.25) is 0 Å². The first kappa shape index (κ1) is 32.7. The first-order valence-electron chi connectivity index (χ1n) is 19.3. The summed E-state index contributed by atoms with van der Waals surface area (Å²) >= 11 is 1.82. The molecule has 12 rings (SSSR count). The van der Waals surface area contributed by atoms with Crippen LogP contribution in [0.4, 0.5) is 0 Å². The third kappa shape index (κ3) is 5.16. The Bertz CT molecular complexity index is 3570. The average molecular weight is 759 g/mol. The van der Waals surface area contributed by atoms with Gasteiger partial charge < -0.3 is 4.42 Å². The Morgan fingerprint density at radius 3 is 1.71 bits per heavy atom. The van der Waals surface area contributed by atoms with Crippen molar-refractivity contribution < 1.29 is 4.42 Å². The van der Waals surface area contributed by atoms with Gasteiger partial charge in [0.05, 0.1) is 21.5 Å². The minimum Gasteiger partial charge on any atom is -0.455 e. The van der Waals surface area contributed by atoms with E-state index in [1.807, 2.05) is 72.0 Å². The summed E-state index contributed by atoms with van der Waals surface area (Å²) in [5.41, 5.74) is 9.67. The number of aromatic nitrogens is 4. The molecule has 0 aliphatic rings. The fourth-order valence-electron chi connectivity index (χ4n) is 8.41. The first-order valence-corrected chi connectivity index (χ1v) is 20.1. The Balaban J connectivity index is 0.983. The summed E-state index contributed by atoms with van der Waals surface area (Å²) in [5, 5.41) is 8.02. The van der Waals surface area contributed by atoms with E-state index in [2.05, 4.69) is 121 Å². The maximum atomic E-state index is 6.41. The molecule has 0 unspecified atom stereocenters. The van der Waals surface area contributed by atoms with Gasteiger partial charge in [-0.1, -0.05) is 164 Å². The number of pyridine rings is 1. The van der Waals surface area contributed by atoms with Gasteiger partial charge in [0.15, 0.2) is 17.5 Å². The topological polar surface area (TPSA) is 64.7 Å². The summed E-state index contributed by atoms with van der Waals surface area (Å²) in [6.07, 6.45) is 0. The molecule has 0 N–H and O–H groups in total. The molecular weight excluding hydrogens is 729 g/mol. The summed E-state index contributed by atoms with van der Waals surface area (Å²) in [6.45, 7) is 0. The van der Waals surface area contributed by atoms with Crippen LogP contribution in [0.15, 0.2) is 186 Å². The van der Waals surface area contributed by atoms with E-state index in [-0.39, 0.29) is 0 Å². The monoisotopic (exact) mass is 758 g/mol. The molecule has 0 atom stereocenters. The van der Waals surface area contributed by atoms with Gasteiger partial charge in [-0.25, -0.2) is 19.9 Å². The van der Waals surface area contributed by atoms with Gasteiger partial charge >= 0.3 is 0 Å². The van der Waals surface area contributed by atoms with E-state index in [1.165, 1.54) is 25.6 Å². The minimum atomic E-state index is 0.564. The molecule has 8 aromatic carbocycles. The summed E-state index contributed by atoms with van der Waals surface area (Å²) in [4.78, 5) is 20.6. The van der Waals surface area contributed by atoms with Crippen LogP contribution in [0, 0.1) is 0 Å². The van der Waals surface area contributed by atoms with Crippen molar-refractivity contribution in [3.05, 3.63) is 182 Å². The lowest BCUT2D eigenvalue weighted by Gasteiger charge is -2.14. The molecule has 0 fully saturated rings. The van der Waals surface area contributed by atoms with Crippen LogP contribution in [-0.2, 0) is 0 Å². The first-order chi connectivity index (χ1) is 28.7. The number of rotatable bonds is 5. The van der Waals surface area contributed by atoms with Gasteiger partial charge in [0, 0.05) is 48.3 Å². The van der Waals surface area contributed by atoms with Gasteiger partial charge in [0.1, 0.15) is 11.2 Å². The van der Waals surface area contributed by atoms with Crippen LogP contribution in [0.2, 0.25) is 0 Å². The quantitative estimate of drug-likeness (QED) is 0.175. The number of furan rings is 1. The van der Waals surface area contributed by atoms with Crippen molar-refractivity contribution in [1.29, 1.82) is 0 Å². The molecule has 0 aliphatic carbocycles. The fraction of sp³-hybridized carbons (Fsp3) is 0. The molecule has 6 heteroatoms. The highest BCUT2D eigenvalue weighted by molar-refractivity contribution is 7.26. The van der Waals surface area contributed by atoms with Crippen molar-refractivity contribution in [2.75, 3.05) is 0 Å². The van der Waals surface area contributed by atoms with E-state index in [4.69, 9.17) is 24.4 Å². The van der Waals surface area contributed by atoms with Gasteiger partial charge in [-0.05, 0) is 40.1 Å². The molecule has 0 saturated heterocycles. The molecule has 58 heavy (non-hydrogen) atoms.